The molecule has 0 aliphatic rings. The summed E-state index contributed by atoms with van der Waals surface area (Å²) in [4.78, 5) is 4.01. The van der Waals surface area contributed by atoms with E-state index in [2.05, 4.69) is 4.98 Å². The molecule has 0 aliphatic heterocycles. The minimum absolute atomic E-state index is 0.0565. The molecule has 16 heavy (non-hydrogen) atoms. The highest BCUT2D eigenvalue weighted by Crippen LogP contribution is 2.12. The summed E-state index contributed by atoms with van der Waals surface area (Å²) < 4.78 is 24.8. The van der Waals surface area contributed by atoms with E-state index in [1.54, 1.807) is 6.07 Å². The minimum atomic E-state index is -3.56. The van der Waals surface area contributed by atoms with E-state index in [1.165, 1.54) is 19.3 Å². The van der Waals surface area contributed by atoms with Crippen LogP contribution in [0.4, 0.5) is 0 Å². The molecule has 0 saturated carbocycles. The van der Waals surface area contributed by atoms with E-state index < -0.39 is 10.0 Å². The van der Waals surface area contributed by atoms with E-state index in [-0.39, 0.29) is 24.6 Å². The van der Waals surface area contributed by atoms with Crippen molar-refractivity contribution in [1.82, 2.24) is 9.29 Å². The molecule has 6 nitrogen and oxygen atoms in total. The summed E-state index contributed by atoms with van der Waals surface area (Å²) in [6, 6.07) is 3.03. The zero-order valence-electron chi connectivity index (χ0n) is 9.00. The van der Waals surface area contributed by atoms with Gasteiger partial charge in [-0.25, -0.2) is 8.42 Å². The van der Waals surface area contributed by atoms with Gasteiger partial charge in [0, 0.05) is 26.3 Å². The van der Waals surface area contributed by atoms with Crippen LogP contribution in [0, 0.1) is 0 Å². The molecule has 1 aromatic heterocycles. The predicted octanol–water partition coefficient (Wildman–Crippen LogP) is -0.847. The van der Waals surface area contributed by atoms with E-state index in [0.29, 0.717) is 5.69 Å². The maximum absolute atomic E-state index is 11.9. The molecule has 1 rings (SSSR count). The second-order valence-corrected chi connectivity index (χ2v) is 5.28. The van der Waals surface area contributed by atoms with Crippen molar-refractivity contribution in [1.29, 1.82) is 0 Å². The first-order chi connectivity index (χ1) is 7.52. The van der Waals surface area contributed by atoms with E-state index in [0.717, 1.165) is 4.31 Å². The summed E-state index contributed by atoms with van der Waals surface area (Å²) in [6.07, 6.45) is 1.27. The third-order valence-electron chi connectivity index (χ3n) is 2.13. The highest BCUT2D eigenvalue weighted by molar-refractivity contribution is 7.89. The van der Waals surface area contributed by atoms with Crippen LogP contribution in [-0.4, -0.2) is 43.0 Å². The molecule has 3 N–H and O–H groups in total. The maximum atomic E-state index is 11.9. The zero-order valence-corrected chi connectivity index (χ0v) is 9.81. The number of aliphatic hydroxyl groups excluding tert-OH is 1. The van der Waals surface area contributed by atoms with Gasteiger partial charge in [-0.3, -0.25) is 4.98 Å². The van der Waals surface area contributed by atoms with Crippen LogP contribution in [-0.2, 0) is 16.6 Å². The lowest BCUT2D eigenvalue weighted by atomic mass is 10.4. The fourth-order valence-corrected chi connectivity index (χ4v) is 2.23. The van der Waals surface area contributed by atoms with Crippen LogP contribution in [0.5, 0.6) is 0 Å². The number of aromatic nitrogens is 1. The molecule has 7 heteroatoms. The number of likely N-dealkylation sites (N-methyl/N-ethyl adjacent to an activating group) is 1. The number of sulfonamides is 1. The molecule has 1 aromatic rings. The zero-order chi connectivity index (χ0) is 12.2. The van der Waals surface area contributed by atoms with Gasteiger partial charge in [0.1, 0.15) is 4.90 Å². The summed E-state index contributed by atoms with van der Waals surface area (Å²) >= 11 is 0. The summed E-state index contributed by atoms with van der Waals surface area (Å²) in [5.74, 6) is 0. The minimum Gasteiger partial charge on any atom is -0.395 e. The number of nitrogens with zero attached hydrogens (tertiary/aromatic N) is 2. The number of pyridine rings is 1. The van der Waals surface area contributed by atoms with Gasteiger partial charge in [-0.2, -0.15) is 4.31 Å². The Bertz CT molecular complexity index is 430. The van der Waals surface area contributed by atoms with Crippen molar-refractivity contribution in [2.24, 2.45) is 5.73 Å². The summed E-state index contributed by atoms with van der Waals surface area (Å²) in [7, 11) is -2.15. The van der Waals surface area contributed by atoms with Crippen LogP contribution in [0.15, 0.2) is 23.2 Å². The molecule has 0 radical (unpaired) electrons. The number of hydrogen-bond donors (Lipinski definition) is 2. The summed E-state index contributed by atoms with van der Waals surface area (Å²) in [5.41, 5.74) is 5.99. The third kappa shape index (κ3) is 2.76. The Morgan fingerprint density at radius 2 is 2.19 bits per heavy atom. The Balaban J connectivity index is 2.98. The molecular formula is C9H15N3O3S. The van der Waals surface area contributed by atoms with Crippen molar-refractivity contribution in [3.63, 3.8) is 0 Å². The lowest BCUT2D eigenvalue weighted by Gasteiger charge is -2.15. The topological polar surface area (TPSA) is 96.5 Å². The van der Waals surface area contributed by atoms with Crippen LogP contribution in [0.3, 0.4) is 0 Å². The van der Waals surface area contributed by atoms with E-state index in [1.807, 2.05) is 0 Å². The first-order valence-corrected chi connectivity index (χ1v) is 6.18. The van der Waals surface area contributed by atoms with Crippen molar-refractivity contribution in [3.8, 4) is 0 Å². The second kappa shape index (κ2) is 5.35. The average Bonchev–Trinajstić information content (AvgIpc) is 2.29. The number of aliphatic hydroxyl groups is 1. The van der Waals surface area contributed by atoms with Crippen molar-refractivity contribution < 1.29 is 13.5 Å². The molecule has 0 bridgehead atoms. The van der Waals surface area contributed by atoms with Gasteiger partial charge in [0.15, 0.2) is 0 Å². The smallest absolute Gasteiger partial charge is 0.244 e. The molecule has 0 spiro atoms. The lowest BCUT2D eigenvalue weighted by molar-refractivity contribution is 0.266. The molecule has 0 aromatic carbocycles. The van der Waals surface area contributed by atoms with Gasteiger partial charge in [0.2, 0.25) is 10.0 Å². The van der Waals surface area contributed by atoms with Gasteiger partial charge >= 0.3 is 0 Å². The van der Waals surface area contributed by atoms with Crippen LogP contribution >= 0.6 is 0 Å². The molecule has 0 amide bonds. The van der Waals surface area contributed by atoms with Crippen LogP contribution in [0.1, 0.15) is 5.69 Å². The first kappa shape index (κ1) is 13.0. The molecule has 90 valence electrons. The van der Waals surface area contributed by atoms with Gasteiger partial charge in [0.05, 0.1) is 12.3 Å². The predicted molar refractivity (Wildman–Crippen MR) is 59.0 cm³/mol. The third-order valence-corrected chi connectivity index (χ3v) is 3.97. The standard InChI is InChI=1S/C9H15N3O3S/c1-12(4-5-13)16(14,15)9-3-2-8(6-10)11-7-9/h2-3,7,13H,4-6,10H2,1H3. The normalized spacial score (nSPS) is 12.0. The van der Waals surface area contributed by atoms with Crippen molar-refractivity contribution in [2.75, 3.05) is 20.2 Å². The Kier molecular flexibility index (Phi) is 4.36. The van der Waals surface area contributed by atoms with Gasteiger partial charge in [-0.15, -0.1) is 0 Å². The monoisotopic (exact) mass is 245 g/mol. The SMILES string of the molecule is CN(CCO)S(=O)(=O)c1ccc(CN)nc1. The van der Waals surface area contributed by atoms with E-state index >= 15 is 0 Å². The van der Waals surface area contributed by atoms with Crippen molar-refractivity contribution in [3.05, 3.63) is 24.0 Å². The molecular weight excluding hydrogens is 230 g/mol. The van der Waals surface area contributed by atoms with E-state index in [9.17, 15) is 8.42 Å². The fourth-order valence-electron chi connectivity index (χ4n) is 1.13. The van der Waals surface area contributed by atoms with Gasteiger partial charge in [-0.05, 0) is 12.1 Å². The Morgan fingerprint density at radius 3 is 2.62 bits per heavy atom. The average molecular weight is 245 g/mol. The Hall–Kier alpha value is -1.02. The van der Waals surface area contributed by atoms with E-state index in [4.69, 9.17) is 10.8 Å². The van der Waals surface area contributed by atoms with Crippen LogP contribution in [0.2, 0.25) is 0 Å². The quantitative estimate of drug-likeness (QED) is 0.704. The van der Waals surface area contributed by atoms with Crippen LogP contribution < -0.4 is 5.73 Å². The highest BCUT2D eigenvalue weighted by atomic mass is 32.2. The molecule has 0 fully saturated rings. The molecule has 0 unspecified atom stereocenters. The summed E-state index contributed by atoms with van der Waals surface area (Å²) in [6.45, 7) is 0.109. The molecule has 0 atom stereocenters. The second-order valence-electron chi connectivity index (χ2n) is 3.24. The fraction of sp³-hybridized carbons (Fsp3) is 0.444. The molecule has 0 saturated heterocycles. The molecule has 0 aliphatic carbocycles. The Morgan fingerprint density at radius 1 is 1.50 bits per heavy atom. The van der Waals surface area contributed by atoms with Crippen molar-refractivity contribution >= 4 is 10.0 Å². The molecule has 1 heterocycles. The van der Waals surface area contributed by atoms with Gasteiger partial charge in [-0.1, -0.05) is 0 Å². The lowest BCUT2D eigenvalue weighted by Crippen LogP contribution is -2.29. The van der Waals surface area contributed by atoms with Gasteiger partial charge < -0.3 is 10.8 Å². The van der Waals surface area contributed by atoms with Crippen LogP contribution in [0.25, 0.3) is 0 Å². The summed E-state index contributed by atoms with van der Waals surface area (Å²) in [5, 5.41) is 8.69. The maximum Gasteiger partial charge on any atom is 0.244 e. The number of hydrogen-bond acceptors (Lipinski definition) is 5. The van der Waals surface area contributed by atoms with Crippen molar-refractivity contribution in [2.45, 2.75) is 11.4 Å². The van der Waals surface area contributed by atoms with Gasteiger partial charge in [0.25, 0.3) is 0 Å². The first-order valence-electron chi connectivity index (χ1n) is 4.74. The number of rotatable bonds is 5. The highest BCUT2D eigenvalue weighted by Gasteiger charge is 2.20. The Labute approximate surface area is 94.8 Å². The number of nitrogens with two attached hydrogens (primary N) is 1. The largest absolute Gasteiger partial charge is 0.395 e.